The van der Waals surface area contributed by atoms with Crippen LogP contribution in [0.4, 0.5) is 8.78 Å². The number of H-pyrrole nitrogens is 1. The molecule has 0 radical (unpaired) electrons. The highest BCUT2D eigenvalue weighted by atomic mass is 19.1. The van der Waals surface area contributed by atoms with Crippen LogP contribution in [-0.4, -0.2) is 22.1 Å². The zero-order valence-electron chi connectivity index (χ0n) is 9.62. The summed E-state index contributed by atoms with van der Waals surface area (Å²) < 4.78 is 32.2. The molecule has 0 saturated carbocycles. The van der Waals surface area contributed by atoms with Gasteiger partial charge in [-0.3, -0.25) is 4.98 Å². The molecule has 7 heteroatoms. The molecule has 18 heavy (non-hydrogen) atoms. The van der Waals surface area contributed by atoms with Crippen LogP contribution in [0.2, 0.25) is 0 Å². The summed E-state index contributed by atoms with van der Waals surface area (Å²) in [4.78, 5) is 20.5. The summed E-state index contributed by atoms with van der Waals surface area (Å²) in [7, 11) is 1.25. The van der Waals surface area contributed by atoms with Gasteiger partial charge in [0.2, 0.25) is 0 Å². The maximum absolute atomic E-state index is 13.9. The fourth-order valence-electron chi connectivity index (χ4n) is 1.45. The van der Waals surface area contributed by atoms with Gasteiger partial charge in [0, 0.05) is 0 Å². The van der Waals surface area contributed by atoms with Crippen LogP contribution in [0.1, 0.15) is 5.56 Å². The van der Waals surface area contributed by atoms with Crippen molar-refractivity contribution in [1.29, 1.82) is 0 Å². The number of benzene rings is 1. The summed E-state index contributed by atoms with van der Waals surface area (Å²) in [5.41, 5.74) is -0.963. The molecule has 2 aromatic rings. The lowest BCUT2D eigenvalue weighted by molar-refractivity contribution is 0.376. The van der Waals surface area contributed by atoms with Gasteiger partial charge in [0.25, 0.3) is 0 Å². The van der Waals surface area contributed by atoms with E-state index in [-0.39, 0.29) is 17.4 Å². The molecule has 94 valence electrons. The summed E-state index contributed by atoms with van der Waals surface area (Å²) >= 11 is 0. The Kier molecular flexibility index (Phi) is 3.05. The van der Waals surface area contributed by atoms with E-state index in [9.17, 15) is 13.6 Å². The fourth-order valence-corrected chi connectivity index (χ4v) is 1.45. The Bertz CT molecular complexity index is 655. The zero-order chi connectivity index (χ0) is 13.3. The first-order valence-corrected chi connectivity index (χ1v) is 5.00. The minimum Gasteiger partial charge on any atom is -0.467 e. The normalized spacial score (nSPS) is 10.4. The maximum Gasteiger partial charge on any atom is 0.351 e. The Labute approximate surface area is 100 Å². The minimum atomic E-state index is -0.825. The molecule has 1 aromatic heterocycles. The molecule has 0 aliphatic heterocycles. The van der Waals surface area contributed by atoms with E-state index in [1.54, 1.807) is 0 Å². The average Bonchev–Trinajstić information content (AvgIpc) is 2.34. The molecule has 0 aliphatic rings. The van der Waals surface area contributed by atoms with E-state index >= 15 is 0 Å². The minimum absolute atomic E-state index is 0.241. The number of ether oxygens (including phenoxy) is 1. The Morgan fingerprint density at radius 1 is 1.28 bits per heavy atom. The van der Waals surface area contributed by atoms with E-state index in [1.807, 2.05) is 0 Å². The second kappa shape index (κ2) is 4.52. The average molecular weight is 253 g/mol. The first kappa shape index (κ1) is 12.2. The lowest BCUT2D eigenvalue weighted by atomic mass is 10.1. The zero-order valence-corrected chi connectivity index (χ0v) is 9.62. The summed E-state index contributed by atoms with van der Waals surface area (Å²) in [5.74, 6) is -1.87. The van der Waals surface area contributed by atoms with Crippen molar-refractivity contribution in [3.8, 4) is 17.4 Å². The molecule has 0 amide bonds. The number of rotatable bonds is 2. The van der Waals surface area contributed by atoms with Crippen LogP contribution in [0.3, 0.4) is 0 Å². The standard InChI is InChI=1S/C11H9F2N3O2/c1-5-3-4-6(12)7(8(5)13)9-14-10(17)16-11(15-9)18-2/h3-4H,1-2H3,(H,14,15,16,17). The van der Waals surface area contributed by atoms with Crippen molar-refractivity contribution in [3.05, 3.63) is 39.8 Å². The topological polar surface area (TPSA) is 67.9 Å². The number of halogens is 2. The molecule has 0 spiro atoms. The van der Waals surface area contributed by atoms with Gasteiger partial charge in [-0.25, -0.2) is 13.6 Å². The summed E-state index contributed by atoms with van der Waals surface area (Å²) in [5, 5.41) is 0. The second-order valence-electron chi connectivity index (χ2n) is 3.54. The number of methoxy groups -OCH3 is 1. The lowest BCUT2D eigenvalue weighted by Crippen LogP contribution is -2.15. The molecule has 0 fully saturated rings. The predicted octanol–water partition coefficient (Wildman–Crippen LogP) is 1.43. The molecule has 1 N–H and O–H groups in total. The van der Waals surface area contributed by atoms with Crippen molar-refractivity contribution >= 4 is 0 Å². The highest BCUT2D eigenvalue weighted by molar-refractivity contribution is 5.58. The number of hydrogen-bond acceptors (Lipinski definition) is 4. The van der Waals surface area contributed by atoms with Crippen LogP contribution in [0.15, 0.2) is 16.9 Å². The number of aromatic amines is 1. The summed E-state index contributed by atoms with van der Waals surface area (Å²) in [6, 6.07) is 2.14. The van der Waals surface area contributed by atoms with E-state index in [2.05, 4.69) is 19.7 Å². The third-order valence-corrected chi connectivity index (χ3v) is 2.33. The highest BCUT2D eigenvalue weighted by Gasteiger charge is 2.17. The Morgan fingerprint density at radius 2 is 2.00 bits per heavy atom. The molecule has 0 bridgehead atoms. The van der Waals surface area contributed by atoms with Crippen LogP contribution in [0, 0.1) is 18.6 Å². The van der Waals surface area contributed by atoms with Gasteiger partial charge < -0.3 is 4.74 Å². The summed E-state index contributed by atoms with van der Waals surface area (Å²) in [6.07, 6.45) is 0. The highest BCUT2D eigenvalue weighted by Crippen LogP contribution is 2.24. The third kappa shape index (κ3) is 2.06. The monoisotopic (exact) mass is 253 g/mol. The predicted molar refractivity (Wildman–Crippen MR) is 59.3 cm³/mol. The Morgan fingerprint density at radius 3 is 2.67 bits per heavy atom. The molecule has 0 unspecified atom stereocenters. The van der Waals surface area contributed by atoms with E-state index in [0.29, 0.717) is 0 Å². The van der Waals surface area contributed by atoms with Gasteiger partial charge in [0.1, 0.15) is 11.6 Å². The van der Waals surface area contributed by atoms with Crippen molar-refractivity contribution in [2.75, 3.05) is 7.11 Å². The van der Waals surface area contributed by atoms with Crippen molar-refractivity contribution in [2.45, 2.75) is 6.92 Å². The first-order valence-electron chi connectivity index (χ1n) is 5.00. The Hall–Kier alpha value is -2.31. The number of hydrogen-bond donors (Lipinski definition) is 1. The van der Waals surface area contributed by atoms with Crippen molar-refractivity contribution in [2.24, 2.45) is 0 Å². The van der Waals surface area contributed by atoms with Crippen LogP contribution < -0.4 is 10.4 Å². The number of aryl methyl sites for hydroxylation is 1. The molecule has 2 rings (SSSR count). The molecular weight excluding hydrogens is 244 g/mol. The first-order chi connectivity index (χ1) is 8.52. The molecule has 0 atom stereocenters. The van der Waals surface area contributed by atoms with Crippen molar-refractivity contribution < 1.29 is 13.5 Å². The van der Waals surface area contributed by atoms with Gasteiger partial charge in [0.05, 0.1) is 12.7 Å². The molecule has 5 nitrogen and oxygen atoms in total. The SMILES string of the molecule is COc1nc(-c2c(F)ccc(C)c2F)[nH]c(=O)n1. The van der Waals surface area contributed by atoms with Crippen LogP contribution in [0.5, 0.6) is 6.01 Å². The van der Waals surface area contributed by atoms with E-state index in [1.165, 1.54) is 20.1 Å². The van der Waals surface area contributed by atoms with Gasteiger partial charge >= 0.3 is 11.7 Å². The van der Waals surface area contributed by atoms with Gasteiger partial charge in [0.15, 0.2) is 5.82 Å². The van der Waals surface area contributed by atoms with Gasteiger partial charge in [-0.1, -0.05) is 6.07 Å². The Balaban J connectivity index is 2.73. The van der Waals surface area contributed by atoms with Crippen molar-refractivity contribution in [1.82, 2.24) is 15.0 Å². The summed E-state index contributed by atoms with van der Waals surface area (Å²) in [6.45, 7) is 1.48. The van der Waals surface area contributed by atoms with Gasteiger partial charge in [-0.2, -0.15) is 4.98 Å². The molecule has 0 aliphatic carbocycles. The maximum atomic E-state index is 13.9. The fraction of sp³-hybridized carbons (Fsp3) is 0.182. The molecule has 1 heterocycles. The number of nitrogens with zero attached hydrogens (tertiary/aromatic N) is 2. The molecule has 1 aromatic carbocycles. The molecular formula is C11H9F2N3O2. The lowest BCUT2D eigenvalue weighted by Gasteiger charge is -2.06. The van der Waals surface area contributed by atoms with Crippen LogP contribution >= 0.6 is 0 Å². The smallest absolute Gasteiger partial charge is 0.351 e. The largest absolute Gasteiger partial charge is 0.467 e. The van der Waals surface area contributed by atoms with Gasteiger partial charge in [-0.15, -0.1) is 4.98 Å². The second-order valence-corrected chi connectivity index (χ2v) is 3.54. The van der Waals surface area contributed by atoms with E-state index in [4.69, 9.17) is 0 Å². The quantitative estimate of drug-likeness (QED) is 0.879. The van der Waals surface area contributed by atoms with Crippen LogP contribution in [0.25, 0.3) is 11.4 Å². The van der Waals surface area contributed by atoms with Crippen molar-refractivity contribution in [3.63, 3.8) is 0 Å². The van der Waals surface area contributed by atoms with E-state index in [0.717, 1.165) is 6.07 Å². The van der Waals surface area contributed by atoms with Gasteiger partial charge in [-0.05, 0) is 18.6 Å². The molecule has 0 saturated heterocycles. The van der Waals surface area contributed by atoms with Crippen LogP contribution in [-0.2, 0) is 0 Å². The third-order valence-electron chi connectivity index (χ3n) is 2.33. The number of nitrogens with one attached hydrogen (secondary N) is 1. The number of aromatic nitrogens is 3. The van der Waals surface area contributed by atoms with E-state index < -0.39 is 22.9 Å².